The lowest BCUT2D eigenvalue weighted by atomic mass is 10.1. The van der Waals surface area contributed by atoms with Crippen LogP contribution in [0.5, 0.6) is 0 Å². The molecule has 0 saturated carbocycles. The summed E-state index contributed by atoms with van der Waals surface area (Å²) in [4.78, 5) is 0. The summed E-state index contributed by atoms with van der Waals surface area (Å²) in [6.45, 7) is 1.50. The van der Waals surface area contributed by atoms with Crippen LogP contribution in [-0.4, -0.2) is 12.7 Å². The molecule has 0 spiro atoms. The van der Waals surface area contributed by atoms with Crippen molar-refractivity contribution in [3.8, 4) is 0 Å². The Hall–Kier alpha value is -1.64. The largest absolute Gasteiger partial charge is 0.377 e. The maximum absolute atomic E-state index is 5.71. The second kappa shape index (κ2) is 6.69. The number of hydrogen-bond acceptors (Lipinski definition) is 2. The summed E-state index contributed by atoms with van der Waals surface area (Å²) in [6.07, 6.45) is 2.83. The maximum Gasteiger partial charge on any atom is 0.109 e. The molecule has 1 fully saturated rings. The Balaban J connectivity index is 1.30. The van der Waals surface area contributed by atoms with Crippen LogP contribution in [-0.2, 0) is 16.1 Å². The minimum Gasteiger partial charge on any atom is -0.377 e. The predicted octanol–water partition coefficient (Wildman–Crippen LogP) is 4.12. The number of benzene rings is 2. The van der Waals surface area contributed by atoms with Crippen LogP contribution in [0, 0.1) is 0 Å². The average molecular weight is 268 g/mol. The summed E-state index contributed by atoms with van der Waals surface area (Å²) in [5.41, 5.74) is 2.53. The summed E-state index contributed by atoms with van der Waals surface area (Å²) < 4.78 is 11.4. The van der Waals surface area contributed by atoms with Crippen LogP contribution in [0.2, 0.25) is 0 Å². The van der Waals surface area contributed by atoms with E-state index in [-0.39, 0.29) is 0 Å². The van der Waals surface area contributed by atoms with Crippen molar-refractivity contribution < 1.29 is 9.47 Å². The fourth-order valence-corrected chi connectivity index (χ4v) is 2.45. The van der Waals surface area contributed by atoms with Gasteiger partial charge in [-0.2, -0.15) is 0 Å². The first-order valence-electron chi connectivity index (χ1n) is 7.25. The zero-order valence-electron chi connectivity index (χ0n) is 11.6. The highest BCUT2D eigenvalue weighted by Gasteiger charge is 2.38. The fourth-order valence-electron chi connectivity index (χ4n) is 2.45. The molecule has 0 radical (unpaired) electrons. The standard InChI is InChI=1S/C18H20O2/c1-3-8-15(9-4-1)14-19-13-7-12-17-18(20-17)16-10-5-2-6-11-16/h1-6,8-11,17-18H,7,12-14H2. The van der Waals surface area contributed by atoms with Crippen LogP contribution < -0.4 is 0 Å². The van der Waals surface area contributed by atoms with E-state index in [1.165, 1.54) is 11.1 Å². The van der Waals surface area contributed by atoms with E-state index >= 15 is 0 Å². The lowest BCUT2D eigenvalue weighted by Crippen LogP contribution is -1.98. The Bertz CT molecular complexity index is 509. The summed E-state index contributed by atoms with van der Waals surface area (Å²) in [7, 11) is 0. The van der Waals surface area contributed by atoms with E-state index in [0.29, 0.717) is 18.8 Å². The van der Waals surface area contributed by atoms with Crippen molar-refractivity contribution in [3.63, 3.8) is 0 Å². The quantitative estimate of drug-likeness (QED) is 0.556. The smallest absolute Gasteiger partial charge is 0.109 e. The molecule has 2 atom stereocenters. The molecule has 0 bridgehead atoms. The molecule has 0 aliphatic carbocycles. The summed E-state index contributed by atoms with van der Waals surface area (Å²) in [5, 5.41) is 0. The lowest BCUT2D eigenvalue weighted by molar-refractivity contribution is 0.115. The molecule has 1 aliphatic heterocycles. The zero-order valence-corrected chi connectivity index (χ0v) is 11.6. The SMILES string of the molecule is c1ccc(COCCCC2OC2c2ccccc2)cc1. The van der Waals surface area contributed by atoms with Crippen molar-refractivity contribution in [2.75, 3.05) is 6.61 Å². The summed E-state index contributed by atoms with van der Waals surface area (Å²) >= 11 is 0. The first-order valence-corrected chi connectivity index (χ1v) is 7.25. The Morgan fingerprint density at radius 2 is 1.60 bits per heavy atom. The molecule has 0 amide bonds. The highest BCUT2D eigenvalue weighted by molar-refractivity contribution is 5.22. The van der Waals surface area contributed by atoms with Crippen molar-refractivity contribution in [3.05, 3.63) is 71.8 Å². The second-order valence-electron chi connectivity index (χ2n) is 5.19. The predicted molar refractivity (Wildman–Crippen MR) is 79.4 cm³/mol. The maximum atomic E-state index is 5.71. The highest BCUT2D eigenvalue weighted by Crippen LogP contribution is 2.41. The highest BCUT2D eigenvalue weighted by atomic mass is 16.6. The van der Waals surface area contributed by atoms with Crippen LogP contribution in [0.4, 0.5) is 0 Å². The van der Waals surface area contributed by atoms with Crippen molar-refractivity contribution >= 4 is 0 Å². The third-order valence-electron chi connectivity index (χ3n) is 3.60. The Kier molecular flexibility index (Phi) is 4.46. The van der Waals surface area contributed by atoms with Crippen molar-refractivity contribution in [1.29, 1.82) is 0 Å². The molecule has 104 valence electrons. The van der Waals surface area contributed by atoms with Crippen LogP contribution in [0.1, 0.15) is 30.1 Å². The Morgan fingerprint density at radius 3 is 2.35 bits per heavy atom. The van der Waals surface area contributed by atoms with E-state index in [1.54, 1.807) is 0 Å². The normalized spacial score (nSPS) is 20.8. The van der Waals surface area contributed by atoms with E-state index in [4.69, 9.17) is 9.47 Å². The van der Waals surface area contributed by atoms with Gasteiger partial charge in [-0.15, -0.1) is 0 Å². The molecular formula is C18H20O2. The number of ether oxygens (including phenoxy) is 2. The molecule has 0 N–H and O–H groups in total. The molecular weight excluding hydrogens is 248 g/mol. The minimum absolute atomic E-state index is 0.310. The number of rotatable bonds is 7. The zero-order chi connectivity index (χ0) is 13.6. The first-order chi connectivity index (χ1) is 9.93. The van der Waals surface area contributed by atoms with Gasteiger partial charge in [0.25, 0.3) is 0 Å². The van der Waals surface area contributed by atoms with Gasteiger partial charge in [0, 0.05) is 6.61 Å². The molecule has 1 heterocycles. The molecule has 2 heteroatoms. The summed E-state index contributed by atoms with van der Waals surface area (Å²) in [5.74, 6) is 0. The van der Waals surface area contributed by atoms with Gasteiger partial charge in [0.2, 0.25) is 0 Å². The van der Waals surface area contributed by atoms with Crippen molar-refractivity contribution in [2.24, 2.45) is 0 Å². The lowest BCUT2D eigenvalue weighted by Gasteiger charge is -2.03. The Labute approximate surface area is 120 Å². The van der Waals surface area contributed by atoms with Crippen LogP contribution in [0.15, 0.2) is 60.7 Å². The first kappa shape index (κ1) is 13.3. The van der Waals surface area contributed by atoms with Gasteiger partial charge in [0.05, 0.1) is 12.7 Å². The van der Waals surface area contributed by atoms with E-state index in [2.05, 4.69) is 36.4 Å². The molecule has 3 rings (SSSR count). The molecule has 2 aromatic rings. The van der Waals surface area contributed by atoms with Gasteiger partial charge in [-0.1, -0.05) is 60.7 Å². The van der Waals surface area contributed by atoms with E-state index in [1.807, 2.05) is 24.3 Å². The topological polar surface area (TPSA) is 21.8 Å². The van der Waals surface area contributed by atoms with Crippen molar-refractivity contribution in [2.45, 2.75) is 31.7 Å². The van der Waals surface area contributed by atoms with Gasteiger partial charge >= 0.3 is 0 Å². The van der Waals surface area contributed by atoms with E-state index in [0.717, 1.165) is 19.4 Å². The second-order valence-corrected chi connectivity index (χ2v) is 5.19. The van der Waals surface area contributed by atoms with Gasteiger partial charge in [0.1, 0.15) is 6.10 Å². The van der Waals surface area contributed by atoms with Gasteiger partial charge in [-0.25, -0.2) is 0 Å². The molecule has 0 aromatic heterocycles. The van der Waals surface area contributed by atoms with Crippen LogP contribution in [0.3, 0.4) is 0 Å². The molecule has 2 unspecified atom stereocenters. The third-order valence-corrected chi connectivity index (χ3v) is 3.60. The van der Waals surface area contributed by atoms with E-state index < -0.39 is 0 Å². The molecule has 1 aliphatic rings. The van der Waals surface area contributed by atoms with E-state index in [9.17, 15) is 0 Å². The number of epoxide rings is 1. The minimum atomic E-state index is 0.310. The fraction of sp³-hybridized carbons (Fsp3) is 0.333. The average Bonchev–Trinajstić information content (AvgIpc) is 3.28. The molecule has 2 nitrogen and oxygen atoms in total. The van der Waals surface area contributed by atoms with Gasteiger partial charge in [-0.05, 0) is 24.0 Å². The van der Waals surface area contributed by atoms with Crippen LogP contribution >= 0.6 is 0 Å². The van der Waals surface area contributed by atoms with Gasteiger partial charge in [0.15, 0.2) is 0 Å². The Morgan fingerprint density at radius 1 is 0.900 bits per heavy atom. The molecule has 20 heavy (non-hydrogen) atoms. The molecule has 1 saturated heterocycles. The monoisotopic (exact) mass is 268 g/mol. The van der Waals surface area contributed by atoms with Gasteiger partial charge < -0.3 is 9.47 Å². The number of hydrogen-bond donors (Lipinski definition) is 0. The van der Waals surface area contributed by atoms with Crippen LogP contribution in [0.25, 0.3) is 0 Å². The third kappa shape index (κ3) is 3.69. The molecule has 2 aromatic carbocycles. The van der Waals surface area contributed by atoms with Crippen molar-refractivity contribution in [1.82, 2.24) is 0 Å². The summed E-state index contributed by atoms with van der Waals surface area (Å²) in [6, 6.07) is 20.7. The van der Waals surface area contributed by atoms with Gasteiger partial charge in [-0.3, -0.25) is 0 Å².